The molecule has 2 heterocycles. The molecule has 5 rings (SSSR count). The Morgan fingerprint density at radius 3 is 2.82 bits per heavy atom. The van der Waals surface area contributed by atoms with Crippen molar-refractivity contribution >= 4 is 23.4 Å². The van der Waals surface area contributed by atoms with Gasteiger partial charge in [0.05, 0.1) is 0 Å². The maximum Gasteiger partial charge on any atom is 0.283 e. The zero-order chi connectivity index (χ0) is 19.5. The molecule has 0 bridgehead atoms. The maximum atomic E-state index is 13.9. The number of nitrogens with zero attached hydrogens (tertiary/aromatic N) is 1. The average molecular weight is 401 g/mol. The summed E-state index contributed by atoms with van der Waals surface area (Å²) in [6.45, 7) is 0.261. The highest BCUT2D eigenvalue weighted by Crippen LogP contribution is 2.52. The third kappa shape index (κ3) is 2.66. The molecule has 0 aromatic heterocycles. The Labute approximate surface area is 166 Å². The molecule has 28 heavy (non-hydrogen) atoms. The van der Waals surface area contributed by atoms with Crippen LogP contribution in [0.3, 0.4) is 0 Å². The van der Waals surface area contributed by atoms with Gasteiger partial charge in [0.1, 0.15) is 35.6 Å². The SMILES string of the molecule is NC1=N[C@@]2(CO1)c1cc(-c3cc(F)cc(Cl)c3)ccc1O[C@H]1CCC(=O)C[C@@H]12. The fraction of sp³-hybridized carbons (Fsp3) is 0.333. The van der Waals surface area contributed by atoms with E-state index in [1.165, 1.54) is 12.1 Å². The smallest absolute Gasteiger partial charge is 0.283 e. The molecule has 2 aromatic rings. The van der Waals surface area contributed by atoms with Crippen LogP contribution in [0, 0.1) is 11.7 Å². The lowest BCUT2D eigenvalue weighted by Crippen LogP contribution is -2.51. The number of hydrogen-bond acceptors (Lipinski definition) is 5. The molecule has 0 amide bonds. The van der Waals surface area contributed by atoms with E-state index < -0.39 is 11.4 Å². The molecule has 1 saturated carbocycles. The predicted octanol–water partition coefficient (Wildman–Crippen LogP) is 3.82. The third-order valence-corrected chi connectivity index (χ3v) is 6.11. The minimum atomic E-state index is -0.772. The summed E-state index contributed by atoms with van der Waals surface area (Å²) in [4.78, 5) is 16.8. The number of ketones is 1. The standard InChI is InChI=1S/C21H18ClFN2O3/c22-13-5-12(6-14(23)8-13)11-1-3-18-16(7-11)21(10-27-20(24)25-21)17-9-15(26)2-4-19(17)28-18/h1,3,5-8,17,19H,2,4,9-10H2,(H2,24,25)/t17-,19-,21-/m0/s1. The van der Waals surface area contributed by atoms with Gasteiger partial charge in [-0.25, -0.2) is 9.38 Å². The Morgan fingerprint density at radius 1 is 1.21 bits per heavy atom. The Kier molecular flexibility index (Phi) is 3.88. The summed E-state index contributed by atoms with van der Waals surface area (Å²) in [7, 11) is 0. The molecule has 2 aliphatic heterocycles. The van der Waals surface area contributed by atoms with Crippen molar-refractivity contribution in [3.05, 3.63) is 52.8 Å². The summed E-state index contributed by atoms with van der Waals surface area (Å²) in [6.07, 6.45) is 1.42. The Hall–Kier alpha value is -2.60. The molecule has 2 N–H and O–H groups in total. The number of aliphatic imine (C=N–C) groups is 1. The zero-order valence-corrected chi connectivity index (χ0v) is 15.7. The summed E-state index contributed by atoms with van der Waals surface area (Å²) in [5, 5.41) is 0.322. The highest BCUT2D eigenvalue weighted by molar-refractivity contribution is 6.30. The minimum Gasteiger partial charge on any atom is -0.490 e. The van der Waals surface area contributed by atoms with Gasteiger partial charge in [-0.1, -0.05) is 17.7 Å². The van der Waals surface area contributed by atoms with E-state index in [2.05, 4.69) is 4.99 Å². The van der Waals surface area contributed by atoms with Gasteiger partial charge in [-0.15, -0.1) is 0 Å². The number of Topliss-reactive ketones (excluding diaryl/α,β-unsaturated/α-hetero) is 1. The van der Waals surface area contributed by atoms with Crippen molar-refractivity contribution in [2.24, 2.45) is 16.6 Å². The van der Waals surface area contributed by atoms with Crippen molar-refractivity contribution in [2.45, 2.75) is 30.9 Å². The number of halogens is 2. The molecule has 5 nitrogen and oxygen atoms in total. The molecule has 0 saturated heterocycles. The summed E-state index contributed by atoms with van der Waals surface area (Å²) in [6, 6.07) is 10.2. The van der Waals surface area contributed by atoms with Crippen LogP contribution in [0.25, 0.3) is 11.1 Å². The van der Waals surface area contributed by atoms with Crippen LogP contribution in [0.2, 0.25) is 5.02 Å². The molecule has 1 spiro atoms. The Bertz CT molecular complexity index is 1000. The van der Waals surface area contributed by atoms with Crippen LogP contribution in [0.15, 0.2) is 41.4 Å². The lowest BCUT2D eigenvalue weighted by Gasteiger charge is -2.45. The van der Waals surface area contributed by atoms with Gasteiger partial charge in [0.15, 0.2) is 0 Å². The van der Waals surface area contributed by atoms with E-state index in [0.717, 1.165) is 11.1 Å². The summed E-state index contributed by atoms with van der Waals surface area (Å²) < 4.78 is 25.6. The van der Waals surface area contributed by atoms with Crippen molar-refractivity contribution < 1.29 is 18.7 Å². The highest BCUT2D eigenvalue weighted by atomic mass is 35.5. The average Bonchev–Trinajstić information content (AvgIpc) is 3.04. The number of carbonyl (C=O) groups excluding carboxylic acids is 1. The lowest BCUT2D eigenvalue weighted by atomic mass is 9.68. The van der Waals surface area contributed by atoms with Gasteiger partial charge in [0.25, 0.3) is 6.02 Å². The number of ether oxygens (including phenoxy) is 2. The topological polar surface area (TPSA) is 73.9 Å². The first-order valence-electron chi connectivity index (χ1n) is 9.22. The fourth-order valence-corrected chi connectivity index (χ4v) is 4.83. The molecule has 3 atom stereocenters. The van der Waals surface area contributed by atoms with Crippen LogP contribution in [0.4, 0.5) is 4.39 Å². The Morgan fingerprint density at radius 2 is 2.07 bits per heavy atom. The molecule has 0 unspecified atom stereocenters. The highest BCUT2D eigenvalue weighted by Gasteiger charge is 2.55. The number of hydrogen-bond donors (Lipinski definition) is 1. The number of amidine groups is 1. The van der Waals surface area contributed by atoms with Crippen LogP contribution in [-0.2, 0) is 15.1 Å². The number of nitrogens with two attached hydrogens (primary N) is 1. The van der Waals surface area contributed by atoms with Crippen molar-refractivity contribution in [3.8, 4) is 16.9 Å². The normalized spacial score (nSPS) is 28.2. The second kappa shape index (κ2) is 6.21. The van der Waals surface area contributed by atoms with E-state index in [4.69, 9.17) is 26.8 Å². The van der Waals surface area contributed by atoms with Crippen LogP contribution in [0.1, 0.15) is 24.8 Å². The zero-order valence-electron chi connectivity index (χ0n) is 15.0. The van der Waals surface area contributed by atoms with E-state index in [9.17, 15) is 9.18 Å². The van der Waals surface area contributed by atoms with Gasteiger partial charge >= 0.3 is 0 Å². The maximum absolute atomic E-state index is 13.9. The number of fused-ring (bicyclic) bond motifs is 4. The molecule has 2 aromatic carbocycles. The van der Waals surface area contributed by atoms with Gasteiger partial charge in [0, 0.05) is 29.3 Å². The molecular formula is C21H18ClFN2O3. The molecule has 1 fully saturated rings. The van der Waals surface area contributed by atoms with Gasteiger partial charge in [-0.2, -0.15) is 0 Å². The van der Waals surface area contributed by atoms with Gasteiger partial charge in [-0.3, -0.25) is 4.79 Å². The van der Waals surface area contributed by atoms with Crippen molar-refractivity contribution in [1.82, 2.24) is 0 Å². The number of rotatable bonds is 1. The monoisotopic (exact) mass is 400 g/mol. The van der Waals surface area contributed by atoms with E-state index in [-0.39, 0.29) is 30.4 Å². The van der Waals surface area contributed by atoms with Crippen LogP contribution >= 0.6 is 11.6 Å². The molecular weight excluding hydrogens is 383 g/mol. The van der Waals surface area contributed by atoms with E-state index in [1.54, 1.807) is 6.07 Å². The van der Waals surface area contributed by atoms with E-state index in [1.807, 2.05) is 18.2 Å². The first-order chi connectivity index (χ1) is 13.4. The van der Waals surface area contributed by atoms with E-state index in [0.29, 0.717) is 35.6 Å². The molecule has 144 valence electrons. The van der Waals surface area contributed by atoms with Crippen LogP contribution in [-0.4, -0.2) is 24.5 Å². The van der Waals surface area contributed by atoms with Gasteiger partial charge in [0.2, 0.25) is 0 Å². The predicted molar refractivity (Wildman–Crippen MR) is 103 cm³/mol. The quantitative estimate of drug-likeness (QED) is 0.789. The van der Waals surface area contributed by atoms with Crippen molar-refractivity contribution in [3.63, 3.8) is 0 Å². The summed E-state index contributed by atoms with van der Waals surface area (Å²) in [5.41, 5.74) is 7.35. The van der Waals surface area contributed by atoms with Crippen molar-refractivity contribution in [1.29, 1.82) is 0 Å². The first-order valence-corrected chi connectivity index (χ1v) is 9.60. The first kappa shape index (κ1) is 17.5. The van der Waals surface area contributed by atoms with Gasteiger partial charge in [-0.05, 0) is 47.9 Å². The molecule has 0 radical (unpaired) electrons. The summed E-state index contributed by atoms with van der Waals surface area (Å²) in [5.74, 6) is 0.342. The van der Waals surface area contributed by atoms with Crippen LogP contribution in [0.5, 0.6) is 5.75 Å². The van der Waals surface area contributed by atoms with Crippen LogP contribution < -0.4 is 10.5 Å². The third-order valence-electron chi connectivity index (χ3n) is 5.89. The molecule has 7 heteroatoms. The lowest BCUT2D eigenvalue weighted by molar-refractivity contribution is -0.126. The minimum absolute atomic E-state index is 0.113. The molecule has 3 aliphatic rings. The second-order valence-corrected chi connectivity index (χ2v) is 8.01. The largest absolute Gasteiger partial charge is 0.490 e. The number of benzene rings is 2. The molecule has 1 aliphatic carbocycles. The van der Waals surface area contributed by atoms with E-state index >= 15 is 0 Å². The Balaban J connectivity index is 1.68. The number of carbonyl (C=O) groups is 1. The second-order valence-electron chi connectivity index (χ2n) is 7.58. The summed E-state index contributed by atoms with van der Waals surface area (Å²) >= 11 is 6.03. The van der Waals surface area contributed by atoms with Crippen molar-refractivity contribution in [2.75, 3.05) is 6.61 Å². The fourth-order valence-electron chi connectivity index (χ4n) is 4.61. The van der Waals surface area contributed by atoms with Gasteiger partial charge < -0.3 is 15.2 Å².